The van der Waals surface area contributed by atoms with Crippen LogP contribution in [0.1, 0.15) is 63.8 Å². The minimum atomic E-state index is -0.340. The Hall–Kier alpha value is -0.830. The van der Waals surface area contributed by atoms with Crippen molar-refractivity contribution in [3.63, 3.8) is 0 Å². The molecule has 90 valence electrons. The normalized spacial score (nSPS) is 18.0. The van der Waals surface area contributed by atoms with Crippen LogP contribution in [0, 0.1) is 5.92 Å². The van der Waals surface area contributed by atoms with E-state index in [0.29, 0.717) is 12.0 Å². The highest BCUT2D eigenvalue weighted by Gasteiger charge is 2.27. The number of hydrogen-bond acceptors (Lipinski definition) is 2. The van der Waals surface area contributed by atoms with Crippen molar-refractivity contribution in [1.82, 2.24) is 9.55 Å². The standard InChI is InChI=1S/C13H22N2O/c1-3-10(4-2)7-13(16)12-8-14-9-15(12)11-5-6-11/h8-11,13,16H,3-7H2,1-2H3. The summed E-state index contributed by atoms with van der Waals surface area (Å²) in [5, 5.41) is 10.2. The molecule has 0 aliphatic heterocycles. The summed E-state index contributed by atoms with van der Waals surface area (Å²) < 4.78 is 2.16. The van der Waals surface area contributed by atoms with Gasteiger partial charge in [-0.3, -0.25) is 0 Å². The number of aromatic nitrogens is 2. The maximum Gasteiger partial charge on any atom is 0.0958 e. The van der Waals surface area contributed by atoms with Crippen molar-refractivity contribution in [3.05, 3.63) is 18.2 Å². The molecule has 0 aromatic carbocycles. The van der Waals surface area contributed by atoms with Crippen LogP contribution in [0.4, 0.5) is 0 Å². The molecule has 16 heavy (non-hydrogen) atoms. The van der Waals surface area contributed by atoms with E-state index in [1.807, 2.05) is 12.5 Å². The lowest BCUT2D eigenvalue weighted by molar-refractivity contribution is 0.133. The van der Waals surface area contributed by atoms with Gasteiger partial charge in [0.2, 0.25) is 0 Å². The molecule has 0 spiro atoms. The molecular weight excluding hydrogens is 200 g/mol. The third-order valence-electron chi connectivity index (χ3n) is 3.69. The van der Waals surface area contributed by atoms with E-state index in [1.165, 1.54) is 12.8 Å². The van der Waals surface area contributed by atoms with Gasteiger partial charge in [0.05, 0.1) is 24.3 Å². The Labute approximate surface area is 97.5 Å². The molecule has 1 unspecified atom stereocenters. The van der Waals surface area contributed by atoms with Crippen LogP contribution in [0.25, 0.3) is 0 Å². The molecule has 1 saturated carbocycles. The zero-order chi connectivity index (χ0) is 11.5. The van der Waals surface area contributed by atoms with Crippen molar-refractivity contribution in [2.75, 3.05) is 0 Å². The summed E-state index contributed by atoms with van der Waals surface area (Å²) in [6, 6.07) is 0.605. The van der Waals surface area contributed by atoms with Gasteiger partial charge >= 0.3 is 0 Å². The molecule has 1 aliphatic rings. The number of nitrogens with zero attached hydrogens (tertiary/aromatic N) is 2. The number of aliphatic hydroxyl groups excluding tert-OH is 1. The fourth-order valence-corrected chi connectivity index (χ4v) is 2.29. The van der Waals surface area contributed by atoms with Gasteiger partial charge in [-0.05, 0) is 25.2 Å². The Morgan fingerprint density at radius 3 is 2.69 bits per heavy atom. The van der Waals surface area contributed by atoms with Crippen molar-refractivity contribution in [2.24, 2.45) is 5.92 Å². The van der Waals surface area contributed by atoms with E-state index in [4.69, 9.17) is 0 Å². The first-order valence-electron chi connectivity index (χ1n) is 6.46. The molecule has 1 aromatic heterocycles. The summed E-state index contributed by atoms with van der Waals surface area (Å²) in [6.07, 6.45) is 8.98. The average molecular weight is 222 g/mol. The van der Waals surface area contributed by atoms with Gasteiger partial charge in [0, 0.05) is 6.04 Å². The Balaban J connectivity index is 2.02. The highest BCUT2D eigenvalue weighted by molar-refractivity contribution is 5.07. The zero-order valence-electron chi connectivity index (χ0n) is 10.3. The molecule has 1 aliphatic carbocycles. The highest BCUT2D eigenvalue weighted by atomic mass is 16.3. The fourth-order valence-electron chi connectivity index (χ4n) is 2.29. The van der Waals surface area contributed by atoms with Crippen LogP contribution in [0.5, 0.6) is 0 Å². The first kappa shape index (κ1) is 11.6. The molecule has 0 bridgehead atoms. The monoisotopic (exact) mass is 222 g/mol. The molecule has 1 heterocycles. The average Bonchev–Trinajstić information content (AvgIpc) is 3.03. The molecule has 0 saturated heterocycles. The minimum Gasteiger partial charge on any atom is -0.387 e. The molecule has 0 radical (unpaired) electrons. The largest absolute Gasteiger partial charge is 0.387 e. The van der Waals surface area contributed by atoms with Crippen LogP contribution in [0.15, 0.2) is 12.5 Å². The summed E-state index contributed by atoms with van der Waals surface area (Å²) in [5.41, 5.74) is 1.01. The van der Waals surface area contributed by atoms with Gasteiger partial charge in [-0.1, -0.05) is 26.7 Å². The Morgan fingerprint density at radius 1 is 1.44 bits per heavy atom. The molecule has 2 rings (SSSR count). The molecule has 1 fully saturated rings. The summed E-state index contributed by atoms with van der Waals surface area (Å²) in [7, 11) is 0. The predicted molar refractivity (Wildman–Crippen MR) is 64.1 cm³/mol. The summed E-state index contributed by atoms with van der Waals surface area (Å²) in [4.78, 5) is 4.17. The molecule has 1 aromatic rings. The van der Waals surface area contributed by atoms with E-state index in [1.54, 1.807) is 0 Å². The maximum atomic E-state index is 10.2. The highest BCUT2D eigenvalue weighted by Crippen LogP contribution is 2.37. The summed E-state index contributed by atoms with van der Waals surface area (Å²) in [5.74, 6) is 0.623. The van der Waals surface area contributed by atoms with Crippen molar-refractivity contribution < 1.29 is 5.11 Å². The Kier molecular flexibility index (Phi) is 3.64. The van der Waals surface area contributed by atoms with Gasteiger partial charge in [0.1, 0.15) is 0 Å². The maximum absolute atomic E-state index is 10.2. The summed E-state index contributed by atoms with van der Waals surface area (Å²) >= 11 is 0. The lowest BCUT2D eigenvalue weighted by Crippen LogP contribution is -2.10. The topological polar surface area (TPSA) is 38.1 Å². The number of rotatable bonds is 6. The number of hydrogen-bond donors (Lipinski definition) is 1. The third kappa shape index (κ3) is 2.46. The van der Waals surface area contributed by atoms with Crippen LogP contribution < -0.4 is 0 Å². The van der Waals surface area contributed by atoms with Crippen LogP contribution in [-0.4, -0.2) is 14.7 Å². The molecule has 3 heteroatoms. The second-order valence-electron chi connectivity index (χ2n) is 4.89. The van der Waals surface area contributed by atoms with Gasteiger partial charge in [-0.2, -0.15) is 0 Å². The van der Waals surface area contributed by atoms with Gasteiger partial charge < -0.3 is 9.67 Å². The lowest BCUT2D eigenvalue weighted by atomic mass is 9.95. The van der Waals surface area contributed by atoms with Crippen LogP contribution >= 0.6 is 0 Å². The van der Waals surface area contributed by atoms with Gasteiger partial charge in [-0.15, -0.1) is 0 Å². The third-order valence-corrected chi connectivity index (χ3v) is 3.69. The second kappa shape index (κ2) is 5.00. The van der Waals surface area contributed by atoms with E-state index in [0.717, 1.165) is 25.0 Å². The molecule has 3 nitrogen and oxygen atoms in total. The van der Waals surface area contributed by atoms with Crippen molar-refractivity contribution in [3.8, 4) is 0 Å². The second-order valence-corrected chi connectivity index (χ2v) is 4.89. The number of imidazole rings is 1. The van der Waals surface area contributed by atoms with Crippen molar-refractivity contribution in [2.45, 2.75) is 58.1 Å². The molecule has 1 atom stereocenters. The molecule has 0 amide bonds. The van der Waals surface area contributed by atoms with E-state index >= 15 is 0 Å². The van der Waals surface area contributed by atoms with E-state index < -0.39 is 0 Å². The smallest absolute Gasteiger partial charge is 0.0958 e. The predicted octanol–water partition coefficient (Wildman–Crippen LogP) is 3.08. The molecular formula is C13H22N2O. The minimum absolute atomic E-state index is 0.340. The SMILES string of the molecule is CCC(CC)CC(O)c1cncn1C1CC1. The van der Waals surface area contributed by atoms with Crippen LogP contribution in [0.3, 0.4) is 0 Å². The molecule has 1 N–H and O–H groups in total. The summed E-state index contributed by atoms with van der Waals surface area (Å²) in [6.45, 7) is 4.39. The van der Waals surface area contributed by atoms with Gasteiger partial charge in [0.25, 0.3) is 0 Å². The Bertz CT molecular complexity index is 326. The van der Waals surface area contributed by atoms with Gasteiger partial charge in [-0.25, -0.2) is 4.98 Å². The van der Waals surface area contributed by atoms with Crippen LogP contribution in [-0.2, 0) is 0 Å². The van der Waals surface area contributed by atoms with Crippen LogP contribution in [0.2, 0.25) is 0 Å². The zero-order valence-corrected chi connectivity index (χ0v) is 10.3. The van der Waals surface area contributed by atoms with E-state index in [2.05, 4.69) is 23.4 Å². The van der Waals surface area contributed by atoms with Crippen molar-refractivity contribution in [1.29, 1.82) is 0 Å². The Morgan fingerprint density at radius 2 is 2.12 bits per heavy atom. The van der Waals surface area contributed by atoms with Gasteiger partial charge in [0.15, 0.2) is 0 Å². The number of aliphatic hydroxyl groups is 1. The van der Waals surface area contributed by atoms with E-state index in [-0.39, 0.29) is 6.10 Å². The van der Waals surface area contributed by atoms with E-state index in [9.17, 15) is 5.11 Å². The van der Waals surface area contributed by atoms with Crippen molar-refractivity contribution >= 4 is 0 Å². The first-order valence-corrected chi connectivity index (χ1v) is 6.46. The fraction of sp³-hybridized carbons (Fsp3) is 0.769. The lowest BCUT2D eigenvalue weighted by Gasteiger charge is -2.18. The quantitative estimate of drug-likeness (QED) is 0.803. The first-order chi connectivity index (χ1) is 7.76.